The Hall–Kier alpha value is -2.89. The Labute approximate surface area is 206 Å². The maximum atomic E-state index is 12.8. The minimum Gasteiger partial charge on any atom is -0.495 e. The number of benzene rings is 1. The summed E-state index contributed by atoms with van der Waals surface area (Å²) in [6.07, 6.45) is 0.469. The zero-order valence-electron chi connectivity index (χ0n) is 21.0. The fourth-order valence-electron chi connectivity index (χ4n) is 3.60. The molecule has 1 heterocycles. The number of likely N-dealkylation sites (tertiary alicyclic amines) is 1. The van der Waals surface area contributed by atoms with Crippen LogP contribution in [0.2, 0.25) is 0 Å². The van der Waals surface area contributed by atoms with Crippen molar-refractivity contribution < 1.29 is 33.7 Å². The van der Waals surface area contributed by atoms with Gasteiger partial charge in [0.25, 0.3) is 5.91 Å². The molecule has 1 fully saturated rings. The van der Waals surface area contributed by atoms with Crippen molar-refractivity contribution in [3.05, 3.63) is 23.8 Å². The molecule has 5 N–H and O–H groups in total. The van der Waals surface area contributed by atoms with Gasteiger partial charge < -0.3 is 40.6 Å². The Morgan fingerprint density at radius 1 is 1.20 bits per heavy atom. The third kappa shape index (κ3) is 8.68. The summed E-state index contributed by atoms with van der Waals surface area (Å²) in [4.78, 5) is 38.8. The number of anilines is 1. The second-order valence-corrected chi connectivity index (χ2v) is 9.40. The number of rotatable bonds is 12. The molecule has 0 spiro atoms. The zero-order chi connectivity index (χ0) is 26.0. The van der Waals surface area contributed by atoms with E-state index < -0.39 is 23.6 Å². The monoisotopic (exact) mass is 494 g/mol. The Balaban J connectivity index is 1.63. The van der Waals surface area contributed by atoms with Crippen LogP contribution in [0, 0.1) is 5.41 Å². The number of nitrogen functional groups attached to an aromatic ring is 1. The third-order valence-electron chi connectivity index (χ3n) is 5.56. The van der Waals surface area contributed by atoms with E-state index in [1.807, 2.05) is 20.8 Å². The van der Waals surface area contributed by atoms with Crippen molar-refractivity contribution in [1.82, 2.24) is 15.5 Å². The highest BCUT2D eigenvalue weighted by molar-refractivity contribution is 5.95. The van der Waals surface area contributed by atoms with Crippen LogP contribution in [0.4, 0.5) is 5.69 Å². The molecule has 35 heavy (non-hydrogen) atoms. The molecule has 11 heteroatoms. The molecule has 1 aromatic carbocycles. The average molecular weight is 495 g/mol. The molecule has 0 aliphatic carbocycles. The summed E-state index contributed by atoms with van der Waals surface area (Å²) in [5, 5.41) is 15.5. The summed E-state index contributed by atoms with van der Waals surface area (Å²) in [7, 11) is 1.48. The summed E-state index contributed by atoms with van der Waals surface area (Å²) in [5.74, 6) is -0.553. The second kappa shape index (κ2) is 13.3. The zero-order valence-corrected chi connectivity index (χ0v) is 21.0. The molecule has 0 bridgehead atoms. The third-order valence-corrected chi connectivity index (χ3v) is 5.56. The van der Waals surface area contributed by atoms with Gasteiger partial charge in [-0.05, 0) is 36.5 Å². The maximum Gasteiger partial charge on any atom is 0.251 e. The topological polar surface area (TPSA) is 152 Å². The number of hydrogen-bond donors (Lipinski definition) is 4. The average Bonchev–Trinajstić information content (AvgIpc) is 3.24. The summed E-state index contributed by atoms with van der Waals surface area (Å²) in [6, 6.07) is 4.01. The molecule has 0 saturated carbocycles. The highest BCUT2D eigenvalue weighted by Crippen LogP contribution is 2.25. The van der Waals surface area contributed by atoms with Crippen molar-refractivity contribution in [1.29, 1.82) is 0 Å². The summed E-state index contributed by atoms with van der Waals surface area (Å²) in [5.41, 5.74) is 6.10. The van der Waals surface area contributed by atoms with E-state index >= 15 is 0 Å². The van der Waals surface area contributed by atoms with Crippen molar-refractivity contribution in [3.8, 4) is 5.75 Å². The molecular formula is C24H38N4O7. The number of carbonyl (C=O) groups is 3. The van der Waals surface area contributed by atoms with Gasteiger partial charge in [-0.3, -0.25) is 14.4 Å². The van der Waals surface area contributed by atoms with E-state index in [1.165, 1.54) is 12.0 Å². The molecule has 2 rings (SSSR count). The van der Waals surface area contributed by atoms with E-state index in [0.717, 1.165) is 6.42 Å². The molecule has 1 aromatic rings. The Morgan fingerprint density at radius 2 is 1.91 bits per heavy atom. The molecule has 3 amide bonds. The lowest BCUT2D eigenvalue weighted by atomic mass is 9.85. The lowest BCUT2D eigenvalue weighted by Crippen LogP contribution is -2.56. The van der Waals surface area contributed by atoms with Crippen LogP contribution in [0.3, 0.4) is 0 Å². The molecule has 11 nitrogen and oxygen atoms in total. The van der Waals surface area contributed by atoms with Crippen LogP contribution in [0.1, 0.15) is 44.0 Å². The van der Waals surface area contributed by atoms with Gasteiger partial charge in [0.15, 0.2) is 0 Å². The van der Waals surface area contributed by atoms with Crippen molar-refractivity contribution in [2.75, 3.05) is 52.4 Å². The first-order valence-corrected chi connectivity index (χ1v) is 11.7. The molecule has 1 saturated heterocycles. The minimum absolute atomic E-state index is 0.176. The predicted molar refractivity (Wildman–Crippen MR) is 130 cm³/mol. The molecule has 2 atom stereocenters. The van der Waals surface area contributed by atoms with Gasteiger partial charge in [0.05, 0.1) is 32.6 Å². The van der Waals surface area contributed by atoms with E-state index in [9.17, 15) is 19.5 Å². The summed E-state index contributed by atoms with van der Waals surface area (Å²) in [6.45, 7) is 6.80. The first-order valence-electron chi connectivity index (χ1n) is 11.7. The van der Waals surface area contributed by atoms with Crippen LogP contribution in [0.5, 0.6) is 5.75 Å². The number of methoxy groups -OCH3 is 1. The van der Waals surface area contributed by atoms with Crippen LogP contribution < -0.4 is 21.1 Å². The van der Waals surface area contributed by atoms with Crippen LogP contribution in [-0.2, 0) is 19.1 Å². The Morgan fingerprint density at radius 3 is 2.54 bits per heavy atom. The normalized spacial score (nSPS) is 16.6. The van der Waals surface area contributed by atoms with E-state index in [2.05, 4.69) is 10.6 Å². The Kier molecular flexibility index (Phi) is 10.7. The van der Waals surface area contributed by atoms with Crippen molar-refractivity contribution in [2.45, 2.75) is 45.9 Å². The molecule has 0 aromatic heterocycles. The van der Waals surface area contributed by atoms with E-state index in [-0.39, 0.29) is 38.2 Å². The highest BCUT2D eigenvalue weighted by atomic mass is 16.5. The number of aliphatic hydroxyl groups excluding tert-OH is 1. The van der Waals surface area contributed by atoms with Crippen molar-refractivity contribution in [3.63, 3.8) is 0 Å². The largest absolute Gasteiger partial charge is 0.495 e. The van der Waals surface area contributed by atoms with Gasteiger partial charge in [-0.1, -0.05) is 20.8 Å². The number of aliphatic hydroxyl groups is 1. The molecule has 196 valence electrons. The molecule has 1 aliphatic rings. The fraction of sp³-hybridized carbons (Fsp3) is 0.625. The van der Waals surface area contributed by atoms with Gasteiger partial charge in [-0.2, -0.15) is 0 Å². The van der Waals surface area contributed by atoms with Gasteiger partial charge in [-0.25, -0.2) is 0 Å². The Bertz CT molecular complexity index is 872. The summed E-state index contributed by atoms with van der Waals surface area (Å²) < 4.78 is 15.9. The smallest absolute Gasteiger partial charge is 0.251 e. The number of carbonyl (C=O) groups excluding carboxylic acids is 3. The highest BCUT2D eigenvalue weighted by Gasteiger charge is 2.39. The molecular weight excluding hydrogens is 456 g/mol. The first kappa shape index (κ1) is 28.3. The van der Waals surface area contributed by atoms with Crippen molar-refractivity contribution in [2.24, 2.45) is 5.41 Å². The SMILES string of the molecule is COc1cc(C(=O)NCCOCCOCC(=O)N[C@H](C(=O)N2CCC[C@H]2O)C(C)(C)C)ccc1N. The van der Waals surface area contributed by atoms with Gasteiger partial charge >= 0.3 is 0 Å². The number of amides is 3. The first-order chi connectivity index (χ1) is 16.5. The van der Waals surface area contributed by atoms with E-state index in [1.54, 1.807) is 18.2 Å². The number of nitrogens with zero attached hydrogens (tertiary/aromatic N) is 1. The predicted octanol–water partition coefficient (Wildman–Crippen LogP) is 0.512. The lowest BCUT2D eigenvalue weighted by molar-refractivity contribution is -0.146. The van der Waals surface area contributed by atoms with Gasteiger partial charge in [0.1, 0.15) is 24.6 Å². The van der Waals surface area contributed by atoms with Gasteiger partial charge in [-0.15, -0.1) is 0 Å². The molecule has 0 unspecified atom stereocenters. The lowest BCUT2D eigenvalue weighted by Gasteiger charge is -2.34. The maximum absolute atomic E-state index is 12.8. The second-order valence-electron chi connectivity index (χ2n) is 9.40. The number of hydrogen-bond acceptors (Lipinski definition) is 8. The van der Waals surface area contributed by atoms with Crippen LogP contribution >= 0.6 is 0 Å². The number of ether oxygens (including phenoxy) is 3. The quantitative estimate of drug-likeness (QED) is 0.242. The van der Waals surface area contributed by atoms with Crippen molar-refractivity contribution >= 4 is 23.4 Å². The van der Waals surface area contributed by atoms with Gasteiger partial charge in [0.2, 0.25) is 11.8 Å². The summed E-state index contributed by atoms with van der Waals surface area (Å²) >= 11 is 0. The molecule has 0 radical (unpaired) electrons. The van der Waals surface area contributed by atoms with Crippen LogP contribution in [-0.4, -0.2) is 86.6 Å². The molecule has 1 aliphatic heterocycles. The number of nitrogens with two attached hydrogens (primary N) is 1. The van der Waals surface area contributed by atoms with Crippen LogP contribution in [0.15, 0.2) is 18.2 Å². The van der Waals surface area contributed by atoms with E-state index in [0.29, 0.717) is 36.5 Å². The standard InChI is InChI=1S/C24H38N4O7/c1-24(2,3)21(23(32)28-10-5-6-20(28)30)27-19(29)15-35-13-12-34-11-9-26-22(31)16-7-8-17(25)18(14-16)33-4/h7-8,14,20-21,30H,5-6,9-13,15,25H2,1-4H3,(H,26,31)(H,27,29)/t20-,21-/m1/s1. The fourth-order valence-corrected chi connectivity index (χ4v) is 3.60. The minimum atomic E-state index is -0.809. The van der Waals surface area contributed by atoms with Crippen LogP contribution in [0.25, 0.3) is 0 Å². The van der Waals surface area contributed by atoms with Gasteiger partial charge in [0, 0.05) is 18.7 Å². The van der Waals surface area contributed by atoms with E-state index in [4.69, 9.17) is 19.9 Å². The number of nitrogens with one attached hydrogen (secondary N) is 2.